The maximum Gasteiger partial charge on any atom is 0.408 e. The Morgan fingerprint density at radius 1 is 1.30 bits per heavy atom. The van der Waals surface area contributed by atoms with E-state index >= 15 is 0 Å². The molecule has 1 aromatic carbocycles. The Hall–Kier alpha value is -2.38. The van der Waals surface area contributed by atoms with E-state index in [-0.39, 0.29) is 11.1 Å². The number of alkyl halides is 3. The number of rotatable bonds is 3. The van der Waals surface area contributed by atoms with Crippen LogP contribution in [-0.2, 0) is 6.54 Å². The van der Waals surface area contributed by atoms with E-state index < -0.39 is 30.1 Å². The van der Waals surface area contributed by atoms with Gasteiger partial charge in [0.1, 0.15) is 12.4 Å². The molecular weight excluding hydrogens is 280 g/mol. The van der Waals surface area contributed by atoms with Crippen molar-refractivity contribution in [3.63, 3.8) is 0 Å². The highest BCUT2D eigenvalue weighted by Gasteiger charge is 2.28. The van der Waals surface area contributed by atoms with E-state index in [0.717, 1.165) is 24.5 Å². The number of aromatic carboxylic acids is 1. The summed E-state index contributed by atoms with van der Waals surface area (Å²) in [7, 11) is 0. The van der Waals surface area contributed by atoms with Gasteiger partial charge in [0.25, 0.3) is 0 Å². The van der Waals surface area contributed by atoms with Gasteiger partial charge in [0.2, 0.25) is 0 Å². The molecule has 1 heterocycles. The maximum absolute atomic E-state index is 13.5. The summed E-state index contributed by atoms with van der Waals surface area (Å²) < 4.78 is 50.7. The number of aromatic nitrogens is 2. The van der Waals surface area contributed by atoms with Crippen molar-refractivity contribution in [2.75, 3.05) is 0 Å². The number of benzene rings is 1. The molecule has 1 N–H and O–H groups in total. The topological polar surface area (TPSA) is 55.1 Å². The van der Waals surface area contributed by atoms with Crippen LogP contribution in [-0.4, -0.2) is 27.0 Å². The van der Waals surface area contributed by atoms with Crippen molar-refractivity contribution < 1.29 is 27.5 Å². The van der Waals surface area contributed by atoms with Gasteiger partial charge in [-0.3, -0.25) is 4.68 Å². The molecule has 0 fully saturated rings. The van der Waals surface area contributed by atoms with Gasteiger partial charge >= 0.3 is 12.1 Å². The Balaban J connectivity index is 2.29. The van der Waals surface area contributed by atoms with Gasteiger partial charge < -0.3 is 5.11 Å². The molecule has 0 aliphatic heterocycles. The largest absolute Gasteiger partial charge is 0.478 e. The lowest BCUT2D eigenvalue weighted by Crippen LogP contribution is -2.17. The Morgan fingerprint density at radius 3 is 2.55 bits per heavy atom. The summed E-state index contributed by atoms with van der Waals surface area (Å²) in [5, 5.41) is 12.2. The molecule has 0 bridgehead atoms. The van der Waals surface area contributed by atoms with Gasteiger partial charge in [0, 0.05) is 11.8 Å². The molecule has 4 nitrogen and oxygen atoms in total. The van der Waals surface area contributed by atoms with Gasteiger partial charge in [-0.15, -0.1) is 0 Å². The number of hydrogen-bond donors (Lipinski definition) is 1. The quantitative estimate of drug-likeness (QED) is 0.883. The fourth-order valence-electron chi connectivity index (χ4n) is 1.65. The highest BCUT2D eigenvalue weighted by molar-refractivity contribution is 5.88. The Labute approximate surface area is 110 Å². The lowest BCUT2D eigenvalue weighted by molar-refractivity contribution is -0.142. The molecule has 0 amide bonds. The minimum Gasteiger partial charge on any atom is -0.478 e. The first-order valence-electron chi connectivity index (χ1n) is 5.39. The zero-order valence-corrected chi connectivity index (χ0v) is 9.86. The molecule has 8 heteroatoms. The van der Waals surface area contributed by atoms with Crippen LogP contribution in [0.15, 0.2) is 30.6 Å². The molecule has 2 rings (SSSR count). The van der Waals surface area contributed by atoms with Gasteiger partial charge in [0.15, 0.2) is 0 Å². The first kappa shape index (κ1) is 14.0. The van der Waals surface area contributed by atoms with E-state index in [1.807, 2.05) is 0 Å². The molecule has 0 aliphatic carbocycles. The monoisotopic (exact) mass is 288 g/mol. The molecule has 2 aromatic rings. The Morgan fingerprint density at radius 2 is 2.00 bits per heavy atom. The van der Waals surface area contributed by atoms with Crippen LogP contribution >= 0.6 is 0 Å². The third-order valence-electron chi connectivity index (χ3n) is 2.51. The number of nitrogens with zero attached hydrogens (tertiary/aromatic N) is 2. The second-order valence-corrected chi connectivity index (χ2v) is 4.04. The first-order valence-corrected chi connectivity index (χ1v) is 5.39. The predicted octanol–water partition coefficient (Wildman–Crippen LogP) is 2.95. The van der Waals surface area contributed by atoms with E-state index in [9.17, 15) is 22.4 Å². The second-order valence-electron chi connectivity index (χ2n) is 4.04. The Kier molecular flexibility index (Phi) is 3.47. The number of halogens is 4. The number of carboxylic acids is 1. The van der Waals surface area contributed by atoms with Crippen molar-refractivity contribution in [1.29, 1.82) is 0 Å². The number of carboxylic acid groups (broad SMARTS) is 1. The van der Waals surface area contributed by atoms with Crippen LogP contribution in [0, 0.1) is 5.82 Å². The van der Waals surface area contributed by atoms with E-state index in [2.05, 4.69) is 5.10 Å². The van der Waals surface area contributed by atoms with Gasteiger partial charge in [0.05, 0.1) is 11.8 Å². The summed E-state index contributed by atoms with van der Waals surface area (Å²) >= 11 is 0. The van der Waals surface area contributed by atoms with Crippen molar-refractivity contribution in [3.05, 3.63) is 42.0 Å². The summed E-state index contributed by atoms with van der Waals surface area (Å²) in [6.07, 6.45) is -2.13. The summed E-state index contributed by atoms with van der Waals surface area (Å²) in [6, 6.07) is 3.30. The van der Waals surface area contributed by atoms with Gasteiger partial charge in [-0.1, -0.05) is 6.07 Å². The predicted molar refractivity (Wildman–Crippen MR) is 60.6 cm³/mol. The van der Waals surface area contributed by atoms with Crippen LogP contribution in [0.25, 0.3) is 11.1 Å². The summed E-state index contributed by atoms with van der Waals surface area (Å²) in [4.78, 5) is 10.6. The molecule has 0 unspecified atom stereocenters. The normalized spacial score (nSPS) is 11.6. The van der Waals surface area contributed by atoms with Crippen LogP contribution in [0.3, 0.4) is 0 Å². The van der Waals surface area contributed by atoms with E-state index in [4.69, 9.17) is 5.11 Å². The lowest BCUT2D eigenvalue weighted by atomic mass is 10.1. The maximum atomic E-state index is 13.5. The van der Waals surface area contributed by atoms with E-state index in [1.54, 1.807) is 0 Å². The molecule has 0 radical (unpaired) electrons. The molecule has 1 aromatic heterocycles. The molecule has 0 saturated carbocycles. The summed E-state index contributed by atoms with van der Waals surface area (Å²) in [5.41, 5.74) is 0.0162. The lowest BCUT2D eigenvalue weighted by Gasteiger charge is -2.05. The van der Waals surface area contributed by atoms with E-state index in [1.165, 1.54) is 6.07 Å². The van der Waals surface area contributed by atoms with Crippen LogP contribution in [0.4, 0.5) is 17.6 Å². The van der Waals surface area contributed by atoms with Crippen LogP contribution in [0.1, 0.15) is 10.4 Å². The Bertz CT molecular complexity index is 649. The molecular formula is C12H8F4N2O2. The fraction of sp³-hybridized carbons (Fsp3) is 0.167. The first-order chi connectivity index (χ1) is 9.26. The smallest absolute Gasteiger partial charge is 0.408 e. The van der Waals surface area contributed by atoms with Crippen LogP contribution in [0.2, 0.25) is 0 Å². The zero-order valence-electron chi connectivity index (χ0n) is 9.86. The number of carbonyl (C=O) groups is 1. The van der Waals surface area contributed by atoms with Crippen molar-refractivity contribution in [2.24, 2.45) is 0 Å². The second kappa shape index (κ2) is 4.95. The third-order valence-corrected chi connectivity index (χ3v) is 2.51. The highest BCUT2D eigenvalue weighted by atomic mass is 19.4. The minimum atomic E-state index is -4.40. The minimum absolute atomic E-state index is 0.251. The van der Waals surface area contributed by atoms with Gasteiger partial charge in [-0.25, -0.2) is 9.18 Å². The van der Waals surface area contributed by atoms with Crippen molar-refractivity contribution in [3.8, 4) is 11.1 Å². The standard InChI is InChI=1S/C12H8F4N2O2/c13-10-3-7(1-2-9(10)11(19)20)8-4-17-18(5-8)6-12(14,15)16/h1-5H,6H2,(H,19,20). The third kappa shape index (κ3) is 3.14. The van der Waals surface area contributed by atoms with Gasteiger partial charge in [-0.2, -0.15) is 18.3 Å². The van der Waals surface area contributed by atoms with E-state index in [0.29, 0.717) is 4.68 Å². The molecule has 0 saturated heterocycles. The fourth-order valence-corrected chi connectivity index (χ4v) is 1.65. The molecule has 20 heavy (non-hydrogen) atoms. The molecule has 0 atom stereocenters. The zero-order chi connectivity index (χ0) is 14.9. The summed E-state index contributed by atoms with van der Waals surface area (Å²) in [6.45, 7) is -1.25. The average Bonchev–Trinajstić information content (AvgIpc) is 2.74. The SMILES string of the molecule is O=C(O)c1ccc(-c2cnn(CC(F)(F)F)c2)cc1F. The molecule has 0 spiro atoms. The molecule has 0 aliphatic rings. The van der Waals surface area contributed by atoms with Crippen LogP contribution < -0.4 is 0 Å². The highest BCUT2D eigenvalue weighted by Crippen LogP contribution is 2.23. The van der Waals surface area contributed by atoms with Gasteiger partial charge in [-0.05, 0) is 17.7 Å². The summed E-state index contributed by atoms with van der Waals surface area (Å²) in [5.74, 6) is -2.37. The van der Waals surface area contributed by atoms with Crippen molar-refractivity contribution >= 4 is 5.97 Å². The number of hydrogen-bond acceptors (Lipinski definition) is 2. The van der Waals surface area contributed by atoms with Crippen LogP contribution in [0.5, 0.6) is 0 Å². The molecule has 106 valence electrons. The van der Waals surface area contributed by atoms with Crippen molar-refractivity contribution in [1.82, 2.24) is 9.78 Å². The average molecular weight is 288 g/mol. The van der Waals surface area contributed by atoms with Crippen molar-refractivity contribution in [2.45, 2.75) is 12.7 Å².